The van der Waals surface area contributed by atoms with Gasteiger partial charge in [-0.25, -0.2) is 4.98 Å². The van der Waals surface area contributed by atoms with Gasteiger partial charge in [0.2, 0.25) is 5.89 Å². The van der Waals surface area contributed by atoms with Crippen LogP contribution in [0.25, 0.3) is 0 Å². The van der Waals surface area contributed by atoms with Gasteiger partial charge in [-0.1, -0.05) is 6.07 Å². The first kappa shape index (κ1) is 11.3. The van der Waals surface area contributed by atoms with Gasteiger partial charge in [0.15, 0.2) is 0 Å². The molecule has 1 aromatic heterocycles. The Hall–Kier alpha value is -1.81. The second-order valence-electron chi connectivity index (χ2n) is 4.80. The summed E-state index contributed by atoms with van der Waals surface area (Å²) >= 11 is 0. The number of oxazole rings is 1. The van der Waals surface area contributed by atoms with Crippen molar-refractivity contribution in [3.8, 4) is 0 Å². The molecule has 4 heteroatoms. The molecule has 1 atom stereocenters. The maximum absolute atomic E-state index is 5.80. The number of aryl methyl sites for hydroxylation is 2. The number of hydrogen-bond donors (Lipinski definition) is 2. The largest absolute Gasteiger partial charge is 0.445 e. The summed E-state index contributed by atoms with van der Waals surface area (Å²) in [5.41, 5.74) is 9.36. The van der Waals surface area contributed by atoms with E-state index in [0.29, 0.717) is 12.6 Å². The number of fused-ring (bicyclic) bond motifs is 1. The standard InChI is InChI=1S/C14H17N3O/c1-9-7-17-14(18-9)8-16-13-5-2-10-6-11(15)3-4-12(10)13/h3-4,6-7,13,16H,2,5,8,15H2,1H3. The zero-order chi connectivity index (χ0) is 12.5. The molecule has 4 nitrogen and oxygen atoms in total. The monoisotopic (exact) mass is 243 g/mol. The van der Waals surface area contributed by atoms with Crippen molar-refractivity contribution in [1.29, 1.82) is 0 Å². The van der Waals surface area contributed by atoms with Gasteiger partial charge in [0.1, 0.15) is 5.76 Å². The molecule has 1 aliphatic carbocycles. The Labute approximate surface area is 106 Å². The van der Waals surface area contributed by atoms with Crippen molar-refractivity contribution in [2.45, 2.75) is 32.4 Å². The molecule has 0 spiro atoms. The molecule has 0 amide bonds. The van der Waals surface area contributed by atoms with E-state index < -0.39 is 0 Å². The minimum absolute atomic E-state index is 0.382. The number of nitrogens with one attached hydrogen (secondary N) is 1. The van der Waals surface area contributed by atoms with Crippen LogP contribution in [0, 0.1) is 6.92 Å². The fraction of sp³-hybridized carbons (Fsp3) is 0.357. The Kier molecular flexibility index (Phi) is 2.80. The Bertz CT molecular complexity index is 562. The number of nitrogen functional groups attached to an aromatic ring is 1. The predicted molar refractivity (Wildman–Crippen MR) is 70.0 cm³/mol. The summed E-state index contributed by atoms with van der Waals surface area (Å²) in [5.74, 6) is 1.60. The van der Waals surface area contributed by atoms with Crippen molar-refractivity contribution in [1.82, 2.24) is 10.3 Å². The molecule has 3 N–H and O–H groups in total. The van der Waals surface area contributed by atoms with Gasteiger partial charge in [0.05, 0.1) is 12.7 Å². The maximum Gasteiger partial charge on any atom is 0.208 e. The van der Waals surface area contributed by atoms with Gasteiger partial charge in [0.25, 0.3) is 0 Å². The molecular weight excluding hydrogens is 226 g/mol. The quantitative estimate of drug-likeness (QED) is 0.812. The van der Waals surface area contributed by atoms with E-state index >= 15 is 0 Å². The summed E-state index contributed by atoms with van der Waals surface area (Å²) in [6.45, 7) is 2.58. The molecule has 0 fully saturated rings. The van der Waals surface area contributed by atoms with Gasteiger partial charge in [-0.15, -0.1) is 0 Å². The average molecular weight is 243 g/mol. The predicted octanol–water partition coefficient (Wildman–Crippen LogP) is 2.34. The molecule has 0 saturated heterocycles. The molecule has 0 aliphatic heterocycles. The number of hydrogen-bond acceptors (Lipinski definition) is 4. The fourth-order valence-corrected chi connectivity index (χ4v) is 2.54. The summed E-state index contributed by atoms with van der Waals surface area (Å²) in [6, 6.07) is 6.55. The first-order valence-electron chi connectivity index (χ1n) is 6.25. The molecule has 18 heavy (non-hydrogen) atoms. The third-order valence-corrected chi connectivity index (χ3v) is 3.41. The lowest BCUT2D eigenvalue weighted by atomic mass is 10.1. The highest BCUT2D eigenvalue weighted by molar-refractivity contribution is 5.47. The number of nitrogens with two attached hydrogens (primary N) is 1. The van der Waals surface area contributed by atoms with E-state index in [0.717, 1.165) is 30.2 Å². The summed E-state index contributed by atoms with van der Waals surface area (Å²) in [4.78, 5) is 4.20. The van der Waals surface area contributed by atoms with Crippen LogP contribution >= 0.6 is 0 Å². The second-order valence-corrected chi connectivity index (χ2v) is 4.80. The first-order chi connectivity index (χ1) is 8.72. The third-order valence-electron chi connectivity index (χ3n) is 3.41. The third kappa shape index (κ3) is 2.11. The van der Waals surface area contributed by atoms with Crippen LogP contribution in [-0.2, 0) is 13.0 Å². The van der Waals surface area contributed by atoms with Crippen LogP contribution in [0.3, 0.4) is 0 Å². The van der Waals surface area contributed by atoms with Crippen LogP contribution in [0.1, 0.15) is 35.2 Å². The molecule has 1 aromatic carbocycles. The lowest BCUT2D eigenvalue weighted by molar-refractivity contribution is 0.423. The zero-order valence-electron chi connectivity index (χ0n) is 10.4. The molecule has 2 aromatic rings. The Morgan fingerprint density at radius 3 is 3.17 bits per heavy atom. The van der Waals surface area contributed by atoms with E-state index in [4.69, 9.17) is 10.2 Å². The smallest absolute Gasteiger partial charge is 0.208 e. The number of nitrogens with zero attached hydrogens (tertiary/aromatic N) is 1. The number of benzene rings is 1. The molecular formula is C14H17N3O. The van der Waals surface area contributed by atoms with Crippen molar-refractivity contribution in [2.24, 2.45) is 0 Å². The molecule has 3 rings (SSSR count). The van der Waals surface area contributed by atoms with Gasteiger partial charge < -0.3 is 15.5 Å². The minimum atomic E-state index is 0.382. The van der Waals surface area contributed by atoms with E-state index in [2.05, 4.69) is 22.4 Å². The highest BCUT2D eigenvalue weighted by atomic mass is 16.4. The summed E-state index contributed by atoms with van der Waals surface area (Å²) in [5, 5.41) is 3.49. The molecule has 0 bridgehead atoms. The Morgan fingerprint density at radius 1 is 1.50 bits per heavy atom. The highest BCUT2D eigenvalue weighted by Gasteiger charge is 2.22. The number of aromatic nitrogens is 1. The molecule has 0 saturated carbocycles. The lowest BCUT2D eigenvalue weighted by Crippen LogP contribution is -2.18. The van der Waals surface area contributed by atoms with Crippen molar-refractivity contribution in [2.75, 3.05) is 5.73 Å². The maximum atomic E-state index is 5.80. The fourth-order valence-electron chi connectivity index (χ4n) is 2.54. The Balaban J connectivity index is 1.69. The molecule has 0 radical (unpaired) electrons. The van der Waals surface area contributed by atoms with Crippen LogP contribution in [0.5, 0.6) is 0 Å². The van der Waals surface area contributed by atoms with Gasteiger partial charge in [-0.2, -0.15) is 0 Å². The topological polar surface area (TPSA) is 64.1 Å². The van der Waals surface area contributed by atoms with E-state index in [1.165, 1.54) is 11.1 Å². The van der Waals surface area contributed by atoms with Crippen LogP contribution in [0.2, 0.25) is 0 Å². The Morgan fingerprint density at radius 2 is 2.39 bits per heavy atom. The van der Waals surface area contributed by atoms with Crippen molar-refractivity contribution in [3.05, 3.63) is 47.2 Å². The first-order valence-corrected chi connectivity index (χ1v) is 6.25. The van der Waals surface area contributed by atoms with E-state index in [9.17, 15) is 0 Å². The summed E-state index contributed by atoms with van der Waals surface area (Å²) in [7, 11) is 0. The van der Waals surface area contributed by atoms with Crippen molar-refractivity contribution in [3.63, 3.8) is 0 Å². The van der Waals surface area contributed by atoms with Crippen LogP contribution in [-0.4, -0.2) is 4.98 Å². The second kappa shape index (κ2) is 4.46. The molecule has 1 heterocycles. The van der Waals surface area contributed by atoms with Gasteiger partial charge in [-0.3, -0.25) is 0 Å². The minimum Gasteiger partial charge on any atom is -0.445 e. The zero-order valence-corrected chi connectivity index (χ0v) is 10.4. The van der Waals surface area contributed by atoms with E-state index in [1.54, 1.807) is 6.20 Å². The average Bonchev–Trinajstić information content (AvgIpc) is 2.92. The molecule has 1 unspecified atom stereocenters. The van der Waals surface area contributed by atoms with Crippen molar-refractivity contribution >= 4 is 5.69 Å². The van der Waals surface area contributed by atoms with Gasteiger partial charge in [0, 0.05) is 11.7 Å². The SMILES string of the molecule is Cc1cnc(CNC2CCc3cc(N)ccc32)o1. The molecule has 94 valence electrons. The highest BCUT2D eigenvalue weighted by Crippen LogP contribution is 2.32. The van der Waals surface area contributed by atoms with Crippen molar-refractivity contribution < 1.29 is 4.42 Å². The van der Waals surface area contributed by atoms with Crippen LogP contribution < -0.4 is 11.1 Å². The number of rotatable bonds is 3. The van der Waals surface area contributed by atoms with Crippen LogP contribution in [0.15, 0.2) is 28.8 Å². The summed E-state index contributed by atoms with van der Waals surface area (Å²) < 4.78 is 5.46. The van der Waals surface area contributed by atoms with E-state index in [1.807, 2.05) is 13.0 Å². The normalized spacial score (nSPS) is 17.9. The number of anilines is 1. The van der Waals surface area contributed by atoms with Crippen LogP contribution in [0.4, 0.5) is 5.69 Å². The summed E-state index contributed by atoms with van der Waals surface area (Å²) in [6.07, 6.45) is 3.95. The van der Waals surface area contributed by atoms with E-state index in [-0.39, 0.29) is 0 Å². The van der Waals surface area contributed by atoms with Gasteiger partial charge >= 0.3 is 0 Å². The molecule has 1 aliphatic rings. The van der Waals surface area contributed by atoms with Gasteiger partial charge in [-0.05, 0) is 43.0 Å². The lowest BCUT2D eigenvalue weighted by Gasteiger charge is -2.12.